The summed E-state index contributed by atoms with van der Waals surface area (Å²) in [6.45, 7) is 9.40. The van der Waals surface area contributed by atoms with Crippen molar-refractivity contribution in [2.24, 2.45) is 5.41 Å². The fourth-order valence-corrected chi connectivity index (χ4v) is 4.42. The number of thiophene rings is 1. The molecule has 0 radical (unpaired) electrons. The fourth-order valence-electron chi connectivity index (χ4n) is 3.38. The van der Waals surface area contributed by atoms with Gasteiger partial charge < -0.3 is 10.2 Å². The summed E-state index contributed by atoms with van der Waals surface area (Å²) in [6, 6.07) is 12.7. The monoisotopic (exact) mass is 356 g/mol. The molecule has 1 aliphatic rings. The zero-order chi connectivity index (χ0) is 17.9. The SMILES string of the molecule is CC(C)(C)C(NCc1ccc(C(=O)N2CCCC2)cc1)c1cccs1. The van der Waals surface area contributed by atoms with Gasteiger partial charge in [-0.3, -0.25) is 4.79 Å². The first-order chi connectivity index (χ1) is 11.9. The number of benzene rings is 1. The second-order valence-corrected chi connectivity index (χ2v) is 8.87. The number of carbonyl (C=O) groups excluding carboxylic acids is 1. The van der Waals surface area contributed by atoms with E-state index in [9.17, 15) is 4.79 Å². The minimum atomic E-state index is 0.149. The molecule has 1 aromatic carbocycles. The Labute approximate surface area is 155 Å². The van der Waals surface area contributed by atoms with E-state index in [1.165, 1.54) is 10.4 Å². The van der Waals surface area contributed by atoms with Gasteiger partial charge in [0.05, 0.1) is 0 Å². The number of likely N-dealkylation sites (tertiary alicyclic amines) is 1. The van der Waals surface area contributed by atoms with Crippen molar-refractivity contribution in [3.8, 4) is 0 Å². The zero-order valence-electron chi connectivity index (χ0n) is 15.4. The first-order valence-electron chi connectivity index (χ1n) is 9.10. The summed E-state index contributed by atoms with van der Waals surface area (Å²) in [5.41, 5.74) is 2.16. The van der Waals surface area contributed by atoms with Gasteiger partial charge in [0.25, 0.3) is 5.91 Å². The lowest BCUT2D eigenvalue weighted by Gasteiger charge is -2.31. The smallest absolute Gasteiger partial charge is 0.253 e. The van der Waals surface area contributed by atoms with Crippen LogP contribution in [0.2, 0.25) is 0 Å². The molecule has 2 aromatic rings. The normalized spacial score (nSPS) is 16.2. The Kier molecular flexibility index (Phi) is 5.60. The minimum Gasteiger partial charge on any atom is -0.339 e. The van der Waals surface area contributed by atoms with Gasteiger partial charge in [0.1, 0.15) is 0 Å². The third kappa shape index (κ3) is 4.50. The van der Waals surface area contributed by atoms with Crippen molar-refractivity contribution in [1.82, 2.24) is 10.2 Å². The van der Waals surface area contributed by atoms with Crippen LogP contribution in [0.25, 0.3) is 0 Å². The Morgan fingerprint density at radius 2 is 1.84 bits per heavy atom. The molecule has 3 rings (SSSR count). The number of nitrogens with one attached hydrogen (secondary N) is 1. The maximum atomic E-state index is 12.4. The molecule has 0 saturated carbocycles. The van der Waals surface area contributed by atoms with E-state index >= 15 is 0 Å². The number of amides is 1. The van der Waals surface area contributed by atoms with Gasteiger partial charge in [-0.2, -0.15) is 0 Å². The van der Waals surface area contributed by atoms with E-state index in [2.05, 4.69) is 55.7 Å². The Hall–Kier alpha value is -1.65. The maximum absolute atomic E-state index is 12.4. The fraction of sp³-hybridized carbons (Fsp3) is 0.476. The molecule has 1 atom stereocenters. The van der Waals surface area contributed by atoms with Crippen LogP contribution < -0.4 is 5.32 Å². The quantitative estimate of drug-likeness (QED) is 0.829. The molecular formula is C21H28N2OS. The number of nitrogens with zero attached hydrogens (tertiary/aromatic N) is 1. The minimum absolute atomic E-state index is 0.149. The van der Waals surface area contributed by atoms with E-state index in [-0.39, 0.29) is 11.3 Å². The van der Waals surface area contributed by atoms with Crippen molar-refractivity contribution in [3.63, 3.8) is 0 Å². The van der Waals surface area contributed by atoms with Gasteiger partial charge in [-0.15, -0.1) is 11.3 Å². The third-order valence-corrected chi connectivity index (χ3v) is 5.74. The largest absolute Gasteiger partial charge is 0.339 e. The Morgan fingerprint density at radius 1 is 1.16 bits per heavy atom. The van der Waals surface area contributed by atoms with E-state index in [1.807, 2.05) is 17.0 Å². The molecule has 25 heavy (non-hydrogen) atoms. The molecule has 4 heteroatoms. The van der Waals surface area contributed by atoms with Crippen LogP contribution in [-0.2, 0) is 6.54 Å². The highest BCUT2D eigenvalue weighted by molar-refractivity contribution is 7.10. The Bertz CT molecular complexity index is 680. The van der Waals surface area contributed by atoms with Gasteiger partial charge in [0.2, 0.25) is 0 Å². The van der Waals surface area contributed by atoms with Crippen LogP contribution in [0.3, 0.4) is 0 Å². The topological polar surface area (TPSA) is 32.3 Å². The maximum Gasteiger partial charge on any atom is 0.253 e. The first-order valence-corrected chi connectivity index (χ1v) is 9.98. The van der Waals surface area contributed by atoms with Crippen molar-refractivity contribution < 1.29 is 4.79 Å². The summed E-state index contributed by atoms with van der Waals surface area (Å²) in [7, 11) is 0. The highest BCUT2D eigenvalue weighted by atomic mass is 32.1. The van der Waals surface area contributed by atoms with E-state index < -0.39 is 0 Å². The molecule has 2 heterocycles. The van der Waals surface area contributed by atoms with E-state index in [0.717, 1.165) is 38.0 Å². The average Bonchev–Trinajstić information content (AvgIpc) is 3.28. The van der Waals surface area contributed by atoms with Crippen molar-refractivity contribution in [2.45, 2.75) is 46.2 Å². The van der Waals surface area contributed by atoms with Gasteiger partial charge in [-0.05, 0) is 47.4 Å². The van der Waals surface area contributed by atoms with Gasteiger partial charge >= 0.3 is 0 Å². The first kappa shape index (κ1) is 18.2. The van der Waals surface area contributed by atoms with Gasteiger partial charge in [-0.1, -0.05) is 39.0 Å². The number of rotatable bonds is 5. The van der Waals surface area contributed by atoms with E-state index in [1.54, 1.807) is 11.3 Å². The molecular weight excluding hydrogens is 328 g/mol. The number of hydrogen-bond acceptors (Lipinski definition) is 3. The molecule has 1 aliphatic heterocycles. The summed E-state index contributed by atoms with van der Waals surface area (Å²) in [6.07, 6.45) is 2.26. The Balaban J connectivity index is 1.63. The standard InChI is InChI=1S/C21H28N2OS/c1-21(2,3)19(18-7-6-14-25-18)22-15-16-8-10-17(11-9-16)20(24)23-12-4-5-13-23/h6-11,14,19,22H,4-5,12-13,15H2,1-3H3. The molecule has 0 spiro atoms. The molecule has 1 saturated heterocycles. The lowest BCUT2D eigenvalue weighted by Crippen LogP contribution is -2.31. The summed E-state index contributed by atoms with van der Waals surface area (Å²) >= 11 is 1.80. The molecule has 1 N–H and O–H groups in total. The van der Waals surface area contributed by atoms with Crippen LogP contribution in [0.4, 0.5) is 0 Å². The summed E-state index contributed by atoms with van der Waals surface area (Å²) < 4.78 is 0. The van der Waals surface area contributed by atoms with E-state index in [4.69, 9.17) is 0 Å². The summed E-state index contributed by atoms with van der Waals surface area (Å²) in [4.78, 5) is 15.7. The van der Waals surface area contributed by atoms with Crippen molar-refractivity contribution >= 4 is 17.2 Å². The molecule has 3 nitrogen and oxygen atoms in total. The Morgan fingerprint density at radius 3 is 2.40 bits per heavy atom. The molecule has 0 bridgehead atoms. The van der Waals surface area contributed by atoms with Crippen LogP contribution in [0.1, 0.15) is 60.5 Å². The number of hydrogen-bond donors (Lipinski definition) is 1. The lowest BCUT2D eigenvalue weighted by molar-refractivity contribution is 0.0793. The molecule has 1 aromatic heterocycles. The van der Waals surface area contributed by atoms with E-state index in [0.29, 0.717) is 6.04 Å². The number of carbonyl (C=O) groups is 1. The molecule has 1 fully saturated rings. The van der Waals surface area contributed by atoms with Crippen LogP contribution in [0.15, 0.2) is 41.8 Å². The molecule has 1 unspecified atom stereocenters. The van der Waals surface area contributed by atoms with Crippen molar-refractivity contribution in [2.75, 3.05) is 13.1 Å². The molecule has 0 aliphatic carbocycles. The lowest BCUT2D eigenvalue weighted by atomic mass is 9.85. The highest BCUT2D eigenvalue weighted by Crippen LogP contribution is 2.35. The zero-order valence-corrected chi connectivity index (χ0v) is 16.2. The second kappa shape index (κ2) is 7.71. The second-order valence-electron chi connectivity index (χ2n) is 7.89. The summed E-state index contributed by atoms with van der Waals surface area (Å²) in [5.74, 6) is 0.170. The van der Waals surface area contributed by atoms with Gasteiger partial charge in [0, 0.05) is 36.1 Å². The van der Waals surface area contributed by atoms with Gasteiger partial charge in [0.15, 0.2) is 0 Å². The molecule has 1 amide bonds. The predicted octanol–water partition coefficient (Wildman–Crippen LogP) is 4.86. The third-order valence-electron chi connectivity index (χ3n) is 4.80. The van der Waals surface area contributed by atoms with Crippen LogP contribution in [0.5, 0.6) is 0 Å². The van der Waals surface area contributed by atoms with Crippen LogP contribution in [-0.4, -0.2) is 23.9 Å². The predicted molar refractivity (Wildman–Crippen MR) is 105 cm³/mol. The highest BCUT2D eigenvalue weighted by Gasteiger charge is 2.26. The van der Waals surface area contributed by atoms with Gasteiger partial charge in [-0.25, -0.2) is 0 Å². The average molecular weight is 357 g/mol. The van der Waals surface area contributed by atoms with Crippen molar-refractivity contribution in [3.05, 3.63) is 57.8 Å². The van der Waals surface area contributed by atoms with Crippen LogP contribution in [0, 0.1) is 5.41 Å². The van der Waals surface area contributed by atoms with Crippen LogP contribution >= 0.6 is 11.3 Å². The summed E-state index contributed by atoms with van der Waals surface area (Å²) in [5, 5.41) is 5.83. The van der Waals surface area contributed by atoms with Crippen molar-refractivity contribution in [1.29, 1.82) is 0 Å². The molecule has 134 valence electrons.